The maximum atomic E-state index is 13.8. The molecule has 1 atom stereocenters. The predicted octanol–water partition coefficient (Wildman–Crippen LogP) is 5.46. The topological polar surface area (TPSA) is 84.9 Å². The molecule has 0 fully saturated rings. The minimum absolute atomic E-state index is 0.0373. The van der Waals surface area contributed by atoms with Gasteiger partial charge >= 0.3 is 0 Å². The molecule has 36 heavy (non-hydrogen) atoms. The van der Waals surface area contributed by atoms with Crippen LogP contribution in [0.15, 0.2) is 77.7 Å². The molecule has 3 aromatic rings. The lowest BCUT2D eigenvalue weighted by molar-refractivity contribution is -0.120. The van der Waals surface area contributed by atoms with E-state index in [9.17, 15) is 13.2 Å². The van der Waals surface area contributed by atoms with Crippen LogP contribution in [0.4, 0.5) is 5.69 Å². The van der Waals surface area contributed by atoms with E-state index in [0.717, 1.165) is 9.87 Å². The molecule has 0 saturated carbocycles. The number of nitrogens with one attached hydrogen (secondary N) is 1. The van der Waals surface area contributed by atoms with Gasteiger partial charge in [-0.2, -0.15) is 0 Å². The fourth-order valence-electron chi connectivity index (χ4n) is 3.83. The van der Waals surface area contributed by atoms with Crippen molar-refractivity contribution >= 4 is 33.2 Å². The van der Waals surface area contributed by atoms with E-state index in [2.05, 4.69) is 19.2 Å². The highest BCUT2D eigenvalue weighted by molar-refractivity contribution is 7.92. The van der Waals surface area contributed by atoms with Crippen LogP contribution in [-0.2, 0) is 14.8 Å². The monoisotopic (exact) mass is 530 g/mol. The molecule has 0 radical (unpaired) electrons. The molecule has 0 heterocycles. The lowest BCUT2D eigenvalue weighted by atomic mass is 9.97. The van der Waals surface area contributed by atoms with Gasteiger partial charge in [0.2, 0.25) is 5.91 Å². The van der Waals surface area contributed by atoms with Crippen LogP contribution in [0.25, 0.3) is 0 Å². The second kappa shape index (κ2) is 12.1. The molecule has 9 heteroatoms. The van der Waals surface area contributed by atoms with Gasteiger partial charge in [-0.05, 0) is 54.3 Å². The van der Waals surface area contributed by atoms with E-state index in [1.165, 1.54) is 32.4 Å². The van der Waals surface area contributed by atoms with E-state index in [-0.39, 0.29) is 16.7 Å². The number of carbonyl (C=O) groups excluding carboxylic acids is 1. The van der Waals surface area contributed by atoms with Gasteiger partial charge in [-0.25, -0.2) is 8.42 Å². The fraction of sp³-hybridized carbons (Fsp3) is 0.296. The number of nitrogens with zero attached hydrogens (tertiary/aromatic N) is 1. The van der Waals surface area contributed by atoms with Gasteiger partial charge in [-0.15, -0.1) is 0 Å². The number of rotatable bonds is 11. The van der Waals surface area contributed by atoms with Crippen LogP contribution in [0, 0.1) is 5.92 Å². The minimum Gasteiger partial charge on any atom is -0.493 e. The summed E-state index contributed by atoms with van der Waals surface area (Å²) in [6.07, 6.45) is 0.707. The number of anilines is 1. The van der Waals surface area contributed by atoms with Gasteiger partial charge < -0.3 is 14.8 Å². The van der Waals surface area contributed by atoms with Crippen LogP contribution < -0.4 is 19.1 Å². The summed E-state index contributed by atoms with van der Waals surface area (Å²) in [5, 5.41) is 3.48. The van der Waals surface area contributed by atoms with Crippen molar-refractivity contribution in [3.8, 4) is 11.5 Å². The summed E-state index contributed by atoms with van der Waals surface area (Å²) >= 11 is 6.03. The average molecular weight is 531 g/mol. The fourth-order valence-corrected chi connectivity index (χ4v) is 5.40. The molecule has 0 aromatic heterocycles. The zero-order valence-corrected chi connectivity index (χ0v) is 22.3. The highest BCUT2D eigenvalue weighted by atomic mass is 35.5. The zero-order valence-electron chi connectivity index (χ0n) is 20.8. The van der Waals surface area contributed by atoms with Crippen LogP contribution in [-0.4, -0.2) is 35.1 Å². The van der Waals surface area contributed by atoms with Crippen molar-refractivity contribution in [2.75, 3.05) is 25.1 Å². The Morgan fingerprint density at radius 3 is 2.17 bits per heavy atom. The van der Waals surface area contributed by atoms with Gasteiger partial charge in [0, 0.05) is 11.1 Å². The number of methoxy groups -OCH3 is 2. The number of amides is 1. The summed E-state index contributed by atoms with van der Waals surface area (Å²) in [7, 11) is -1.25. The van der Waals surface area contributed by atoms with Crippen LogP contribution in [0.1, 0.15) is 31.9 Å². The summed E-state index contributed by atoms with van der Waals surface area (Å²) in [4.78, 5) is 13.2. The number of ether oxygens (including phenoxy) is 2. The Labute approximate surface area is 218 Å². The molecule has 1 amide bonds. The standard InChI is InChI=1S/C27H31ClN2O5S/c1-19(2)16-24(20-8-6-5-7-9-20)29-27(31)18-30(22-12-10-21(28)11-13-22)36(32,33)23-14-15-25(34-3)26(17-23)35-4/h5-15,17,19,24H,16,18H2,1-4H3,(H,29,31)/t24-/m0/s1. The van der Waals surface area contributed by atoms with Crippen molar-refractivity contribution in [3.05, 3.63) is 83.4 Å². The van der Waals surface area contributed by atoms with Gasteiger partial charge in [0.1, 0.15) is 6.54 Å². The summed E-state index contributed by atoms with van der Waals surface area (Å²) < 4.78 is 39.1. The van der Waals surface area contributed by atoms with E-state index in [1.807, 2.05) is 30.3 Å². The average Bonchev–Trinajstić information content (AvgIpc) is 2.87. The Hall–Kier alpha value is -3.23. The van der Waals surface area contributed by atoms with E-state index >= 15 is 0 Å². The Morgan fingerprint density at radius 2 is 1.58 bits per heavy atom. The molecule has 192 valence electrons. The number of hydrogen-bond acceptors (Lipinski definition) is 5. The van der Waals surface area contributed by atoms with Crippen LogP contribution >= 0.6 is 11.6 Å². The maximum Gasteiger partial charge on any atom is 0.264 e. The largest absolute Gasteiger partial charge is 0.493 e. The van der Waals surface area contributed by atoms with E-state index < -0.39 is 22.5 Å². The normalized spacial score (nSPS) is 12.2. The molecule has 0 aliphatic carbocycles. The van der Waals surface area contributed by atoms with E-state index in [0.29, 0.717) is 28.8 Å². The molecule has 0 bridgehead atoms. The second-order valence-corrected chi connectivity index (χ2v) is 11.0. The van der Waals surface area contributed by atoms with Crippen molar-refractivity contribution in [1.29, 1.82) is 0 Å². The van der Waals surface area contributed by atoms with E-state index in [4.69, 9.17) is 21.1 Å². The molecule has 3 aromatic carbocycles. The predicted molar refractivity (Wildman–Crippen MR) is 142 cm³/mol. The van der Waals surface area contributed by atoms with Gasteiger partial charge in [0.25, 0.3) is 10.0 Å². The molecule has 3 rings (SSSR count). The first kappa shape index (κ1) is 27.4. The number of halogens is 1. The van der Waals surface area contributed by atoms with Crippen LogP contribution in [0.5, 0.6) is 11.5 Å². The van der Waals surface area contributed by atoms with Gasteiger partial charge in [0.05, 0.1) is 30.8 Å². The van der Waals surface area contributed by atoms with Crippen LogP contribution in [0.3, 0.4) is 0 Å². The third kappa shape index (κ3) is 6.71. The lowest BCUT2D eigenvalue weighted by Crippen LogP contribution is -2.42. The number of carbonyl (C=O) groups is 1. The highest BCUT2D eigenvalue weighted by Crippen LogP contribution is 2.32. The Kier molecular flexibility index (Phi) is 9.23. The number of sulfonamides is 1. The number of hydrogen-bond donors (Lipinski definition) is 1. The molecular weight excluding hydrogens is 500 g/mol. The summed E-state index contributed by atoms with van der Waals surface area (Å²) in [5.74, 6) is 0.550. The third-order valence-corrected chi connectivity index (χ3v) is 7.61. The third-order valence-electron chi connectivity index (χ3n) is 5.59. The Morgan fingerprint density at radius 1 is 0.944 bits per heavy atom. The summed E-state index contributed by atoms with van der Waals surface area (Å²) in [5.41, 5.74) is 1.27. The van der Waals surface area contributed by atoms with Crippen molar-refractivity contribution < 1.29 is 22.7 Å². The lowest BCUT2D eigenvalue weighted by Gasteiger charge is -2.27. The van der Waals surface area contributed by atoms with Crippen LogP contribution in [0.2, 0.25) is 5.02 Å². The van der Waals surface area contributed by atoms with Gasteiger partial charge in [-0.3, -0.25) is 9.10 Å². The SMILES string of the molecule is COc1ccc(S(=O)(=O)N(CC(=O)N[C@@H](CC(C)C)c2ccccc2)c2ccc(Cl)cc2)cc1OC. The van der Waals surface area contributed by atoms with Crippen molar-refractivity contribution in [3.63, 3.8) is 0 Å². The minimum atomic E-state index is -4.15. The first-order valence-electron chi connectivity index (χ1n) is 11.5. The van der Waals surface area contributed by atoms with Gasteiger partial charge in [-0.1, -0.05) is 55.8 Å². The van der Waals surface area contributed by atoms with Crippen molar-refractivity contribution in [1.82, 2.24) is 5.32 Å². The highest BCUT2D eigenvalue weighted by Gasteiger charge is 2.29. The quantitative estimate of drug-likeness (QED) is 0.356. The van der Waals surface area contributed by atoms with Gasteiger partial charge in [0.15, 0.2) is 11.5 Å². The second-order valence-electron chi connectivity index (χ2n) is 8.67. The number of benzene rings is 3. The zero-order chi connectivity index (χ0) is 26.3. The molecule has 0 aliphatic rings. The molecule has 0 spiro atoms. The maximum absolute atomic E-state index is 13.8. The van der Waals surface area contributed by atoms with Crippen molar-refractivity contribution in [2.24, 2.45) is 5.92 Å². The molecule has 1 N–H and O–H groups in total. The molecule has 0 aliphatic heterocycles. The summed E-state index contributed by atoms with van der Waals surface area (Å²) in [6, 6.07) is 20.0. The molecule has 0 unspecified atom stereocenters. The molecule has 0 saturated heterocycles. The Bertz CT molecular complexity index is 1270. The molecule has 7 nitrogen and oxygen atoms in total. The summed E-state index contributed by atoms with van der Waals surface area (Å²) in [6.45, 7) is 3.73. The van der Waals surface area contributed by atoms with E-state index in [1.54, 1.807) is 24.3 Å². The smallest absolute Gasteiger partial charge is 0.264 e. The first-order chi connectivity index (χ1) is 17.1. The van der Waals surface area contributed by atoms with Crippen molar-refractivity contribution in [2.45, 2.75) is 31.2 Å². The molecular formula is C27H31ClN2O5S. The first-order valence-corrected chi connectivity index (χ1v) is 13.3. The Balaban J connectivity index is 1.96.